The van der Waals surface area contributed by atoms with Gasteiger partial charge in [0.1, 0.15) is 0 Å². The van der Waals surface area contributed by atoms with Crippen molar-refractivity contribution in [1.29, 1.82) is 0 Å². The second-order valence-corrected chi connectivity index (χ2v) is 5.47. The van der Waals surface area contributed by atoms with Crippen molar-refractivity contribution in [2.75, 3.05) is 13.3 Å². The minimum absolute atomic E-state index is 0.000410. The van der Waals surface area contributed by atoms with Gasteiger partial charge in [-0.2, -0.15) is 5.10 Å². The van der Waals surface area contributed by atoms with Gasteiger partial charge in [0, 0.05) is 25.0 Å². The lowest BCUT2D eigenvalue weighted by molar-refractivity contribution is 0.174. The lowest BCUT2D eigenvalue weighted by Gasteiger charge is -2.14. The molecular weight excluding hydrogens is 296 g/mol. The second kappa shape index (κ2) is 7.04. The predicted octanol–water partition coefficient (Wildman–Crippen LogP) is 1.54. The zero-order valence-electron chi connectivity index (χ0n) is 13.0. The molecule has 0 spiro atoms. The van der Waals surface area contributed by atoms with E-state index in [1.165, 1.54) is 0 Å². The molecule has 1 aromatic heterocycles. The summed E-state index contributed by atoms with van der Waals surface area (Å²) in [4.78, 5) is 11.9. The maximum Gasteiger partial charge on any atom is 0.315 e. The largest absolute Gasteiger partial charge is 0.454 e. The van der Waals surface area contributed by atoms with Gasteiger partial charge in [0.05, 0.1) is 6.54 Å². The molecule has 7 nitrogen and oxygen atoms in total. The van der Waals surface area contributed by atoms with Crippen molar-refractivity contribution in [1.82, 2.24) is 20.4 Å². The fourth-order valence-corrected chi connectivity index (χ4v) is 2.43. The first-order valence-electron chi connectivity index (χ1n) is 7.61. The molecule has 2 amide bonds. The highest BCUT2D eigenvalue weighted by atomic mass is 16.7. The van der Waals surface area contributed by atoms with Gasteiger partial charge in [-0.1, -0.05) is 6.07 Å². The van der Waals surface area contributed by atoms with E-state index in [-0.39, 0.29) is 18.9 Å². The van der Waals surface area contributed by atoms with Gasteiger partial charge in [0.2, 0.25) is 6.79 Å². The maximum absolute atomic E-state index is 11.9. The van der Waals surface area contributed by atoms with Crippen molar-refractivity contribution in [2.45, 2.75) is 25.9 Å². The molecule has 1 aliphatic heterocycles. The van der Waals surface area contributed by atoms with Crippen molar-refractivity contribution in [3.8, 4) is 11.5 Å². The van der Waals surface area contributed by atoms with E-state index in [2.05, 4.69) is 15.7 Å². The third-order valence-electron chi connectivity index (χ3n) is 3.53. The summed E-state index contributed by atoms with van der Waals surface area (Å²) in [6, 6.07) is 7.50. The molecule has 0 radical (unpaired) electrons. The molecule has 2 heterocycles. The summed E-state index contributed by atoms with van der Waals surface area (Å²) in [6.07, 6.45) is 4.32. The number of nitrogens with one attached hydrogen (secondary N) is 2. The molecule has 0 bridgehead atoms. The van der Waals surface area contributed by atoms with Crippen molar-refractivity contribution in [3.05, 3.63) is 42.2 Å². The van der Waals surface area contributed by atoms with Crippen LogP contribution in [0.15, 0.2) is 36.7 Å². The molecule has 2 aromatic rings. The number of nitrogens with zero attached hydrogens (tertiary/aromatic N) is 2. The van der Waals surface area contributed by atoms with Crippen molar-refractivity contribution in [3.63, 3.8) is 0 Å². The average Bonchev–Trinajstić information content (AvgIpc) is 3.17. The number of urea groups is 1. The Labute approximate surface area is 134 Å². The van der Waals surface area contributed by atoms with E-state index < -0.39 is 0 Å². The first-order valence-corrected chi connectivity index (χ1v) is 7.61. The van der Waals surface area contributed by atoms with E-state index in [0.29, 0.717) is 13.1 Å². The Kier molecular flexibility index (Phi) is 4.65. The van der Waals surface area contributed by atoms with Crippen molar-refractivity contribution in [2.24, 2.45) is 0 Å². The molecular formula is C16H20N4O3. The molecule has 1 aromatic carbocycles. The molecule has 0 aliphatic carbocycles. The molecule has 0 saturated carbocycles. The number of amides is 2. The molecule has 7 heteroatoms. The third kappa shape index (κ3) is 4.15. The van der Waals surface area contributed by atoms with Crippen LogP contribution in [0.2, 0.25) is 0 Å². The monoisotopic (exact) mass is 316 g/mol. The standard InChI is InChI=1S/C16H20N4O3/c1-12(10-20-8-2-6-18-20)19-16(21)17-7-5-13-3-4-14-15(9-13)23-11-22-14/h2-4,6,8-9,12H,5,7,10-11H2,1H3,(H2,17,19,21)/t12-/m1/s1. The summed E-state index contributed by atoms with van der Waals surface area (Å²) in [6.45, 7) is 3.41. The summed E-state index contributed by atoms with van der Waals surface area (Å²) in [5.41, 5.74) is 1.10. The maximum atomic E-state index is 11.9. The van der Waals surface area contributed by atoms with Gasteiger partial charge in [-0.15, -0.1) is 0 Å². The quantitative estimate of drug-likeness (QED) is 0.847. The van der Waals surface area contributed by atoms with Crippen LogP contribution in [0.3, 0.4) is 0 Å². The highest BCUT2D eigenvalue weighted by Gasteiger charge is 2.13. The van der Waals surface area contributed by atoms with Crippen LogP contribution in [0, 0.1) is 0 Å². The van der Waals surface area contributed by atoms with Crippen LogP contribution in [0.25, 0.3) is 0 Å². The van der Waals surface area contributed by atoms with Crippen LogP contribution < -0.4 is 20.1 Å². The Morgan fingerprint density at radius 3 is 3.09 bits per heavy atom. The van der Waals surface area contributed by atoms with E-state index in [1.54, 1.807) is 10.9 Å². The van der Waals surface area contributed by atoms with Gasteiger partial charge in [-0.05, 0) is 37.1 Å². The lowest BCUT2D eigenvalue weighted by Crippen LogP contribution is -2.43. The number of carbonyl (C=O) groups excluding carboxylic acids is 1. The van der Waals surface area contributed by atoms with Gasteiger partial charge in [-0.3, -0.25) is 4.68 Å². The van der Waals surface area contributed by atoms with Crippen LogP contribution in [0.4, 0.5) is 4.79 Å². The molecule has 3 rings (SSSR count). The van der Waals surface area contributed by atoms with Crippen LogP contribution in [-0.2, 0) is 13.0 Å². The topological polar surface area (TPSA) is 77.4 Å². The zero-order chi connectivity index (χ0) is 16.1. The SMILES string of the molecule is C[C@H](Cn1cccn1)NC(=O)NCCc1ccc2c(c1)OCO2. The van der Waals surface area contributed by atoms with E-state index in [1.807, 2.05) is 37.4 Å². The summed E-state index contributed by atoms with van der Waals surface area (Å²) < 4.78 is 12.4. The fraction of sp³-hybridized carbons (Fsp3) is 0.375. The lowest BCUT2D eigenvalue weighted by atomic mass is 10.1. The van der Waals surface area contributed by atoms with Crippen LogP contribution in [-0.4, -0.2) is 35.2 Å². The van der Waals surface area contributed by atoms with E-state index in [9.17, 15) is 4.79 Å². The van der Waals surface area contributed by atoms with Gasteiger partial charge in [0.25, 0.3) is 0 Å². The second-order valence-electron chi connectivity index (χ2n) is 5.47. The molecule has 1 aliphatic rings. The Hall–Kier alpha value is -2.70. The first kappa shape index (κ1) is 15.2. The molecule has 2 N–H and O–H groups in total. The highest BCUT2D eigenvalue weighted by molar-refractivity contribution is 5.74. The van der Waals surface area contributed by atoms with Gasteiger partial charge >= 0.3 is 6.03 Å². The summed E-state index contributed by atoms with van der Waals surface area (Å²) in [7, 11) is 0. The number of rotatable bonds is 6. The third-order valence-corrected chi connectivity index (χ3v) is 3.53. The van der Waals surface area contributed by atoms with Crippen molar-refractivity contribution < 1.29 is 14.3 Å². The minimum Gasteiger partial charge on any atom is -0.454 e. The first-order chi connectivity index (χ1) is 11.2. The van der Waals surface area contributed by atoms with Gasteiger partial charge in [0.15, 0.2) is 11.5 Å². The van der Waals surface area contributed by atoms with Crippen LogP contribution >= 0.6 is 0 Å². The summed E-state index contributed by atoms with van der Waals surface area (Å²) >= 11 is 0. The highest BCUT2D eigenvalue weighted by Crippen LogP contribution is 2.32. The Morgan fingerprint density at radius 2 is 2.26 bits per heavy atom. The van der Waals surface area contributed by atoms with E-state index in [0.717, 1.165) is 23.5 Å². The number of hydrogen-bond donors (Lipinski definition) is 2. The molecule has 23 heavy (non-hydrogen) atoms. The number of aromatic nitrogens is 2. The summed E-state index contributed by atoms with van der Waals surface area (Å²) in [5, 5.41) is 9.86. The zero-order valence-corrected chi connectivity index (χ0v) is 13.0. The van der Waals surface area contributed by atoms with E-state index >= 15 is 0 Å². The average molecular weight is 316 g/mol. The number of ether oxygens (including phenoxy) is 2. The molecule has 0 fully saturated rings. The minimum atomic E-state index is -0.176. The Morgan fingerprint density at radius 1 is 1.39 bits per heavy atom. The number of fused-ring (bicyclic) bond motifs is 1. The Balaban J connectivity index is 1.39. The van der Waals surface area contributed by atoms with Crippen molar-refractivity contribution >= 4 is 6.03 Å². The Bertz CT molecular complexity index is 657. The number of carbonyl (C=O) groups is 1. The molecule has 0 unspecified atom stereocenters. The number of benzene rings is 1. The normalized spacial score (nSPS) is 13.6. The smallest absolute Gasteiger partial charge is 0.315 e. The van der Waals surface area contributed by atoms with E-state index in [4.69, 9.17) is 9.47 Å². The van der Waals surface area contributed by atoms with Gasteiger partial charge < -0.3 is 20.1 Å². The molecule has 1 atom stereocenters. The molecule has 0 saturated heterocycles. The van der Waals surface area contributed by atoms with Crippen LogP contribution in [0.5, 0.6) is 11.5 Å². The number of hydrogen-bond acceptors (Lipinski definition) is 4. The fourth-order valence-electron chi connectivity index (χ4n) is 2.43. The summed E-state index contributed by atoms with van der Waals surface area (Å²) in [5.74, 6) is 1.53. The molecule has 122 valence electrons. The van der Waals surface area contributed by atoms with Gasteiger partial charge in [-0.25, -0.2) is 4.79 Å². The predicted molar refractivity (Wildman–Crippen MR) is 84.5 cm³/mol. The van der Waals surface area contributed by atoms with Crippen LogP contribution in [0.1, 0.15) is 12.5 Å².